The zero-order valence-corrected chi connectivity index (χ0v) is 22.3. The van der Waals surface area contributed by atoms with Crippen molar-refractivity contribution >= 4 is 17.5 Å². The number of nitrogens with zero attached hydrogens (tertiary/aromatic N) is 4. The van der Waals surface area contributed by atoms with E-state index in [1.807, 2.05) is 31.2 Å². The van der Waals surface area contributed by atoms with Gasteiger partial charge in [-0.1, -0.05) is 18.1 Å². The van der Waals surface area contributed by atoms with Crippen LogP contribution >= 0.6 is 0 Å². The molecule has 1 aliphatic heterocycles. The fourth-order valence-electron chi connectivity index (χ4n) is 4.83. The number of carbonyl (C=O) groups excluding carboxylic acids is 2. The van der Waals surface area contributed by atoms with Gasteiger partial charge in [-0.2, -0.15) is 0 Å². The standard InChI is InChI=1S/C30H34N6O2/c1-20-4-10-25(16-22(20)9-11-26-18-32-29(28(31)37)35(26)3)33-30(38)23-7-8-24(27(17-23)21-5-6-21)19-36-14-12-34(2)13-15-36/h4,7-8,10,16-18,21H,5-6,12-15,19H2,1-3H3,(H2,31,37)(H,33,38). The monoisotopic (exact) mass is 510 g/mol. The first-order chi connectivity index (χ1) is 18.3. The Labute approximate surface area is 223 Å². The Bertz CT molecular complexity index is 1430. The predicted octanol–water partition coefficient (Wildman–Crippen LogP) is 3.10. The predicted molar refractivity (Wildman–Crippen MR) is 148 cm³/mol. The van der Waals surface area contributed by atoms with Crippen molar-refractivity contribution < 1.29 is 9.59 Å². The van der Waals surface area contributed by atoms with Crippen LogP contribution in [0.15, 0.2) is 42.6 Å². The van der Waals surface area contributed by atoms with Crippen LogP contribution < -0.4 is 11.1 Å². The lowest BCUT2D eigenvalue weighted by molar-refractivity contribution is 0.0985. The van der Waals surface area contributed by atoms with E-state index in [1.54, 1.807) is 11.6 Å². The Morgan fingerprint density at radius 3 is 2.50 bits per heavy atom. The fourth-order valence-corrected chi connectivity index (χ4v) is 4.83. The first kappa shape index (κ1) is 25.7. The highest BCUT2D eigenvalue weighted by Gasteiger charge is 2.28. The number of aryl methyl sites for hydroxylation is 1. The van der Waals surface area contributed by atoms with Crippen LogP contribution in [0.25, 0.3) is 0 Å². The van der Waals surface area contributed by atoms with E-state index in [0.717, 1.165) is 43.9 Å². The molecule has 1 aromatic heterocycles. The van der Waals surface area contributed by atoms with E-state index in [9.17, 15) is 9.59 Å². The second-order valence-corrected chi connectivity index (χ2v) is 10.4. The molecule has 38 heavy (non-hydrogen) atoms. The average molecular weight is 511 g/mol. The van der Waals surface area contributed by atoms with Crippen molar-refractivity contribution in [3.63, 3.8) is 0 Å². The van der Waals surface area contributed by atoms with Crippen molar-refractivity contribution in [1.29, 1.82) is 0 Å². The molecule has 8 nitrogen and oxygen atoms in total. The lowest BCUT2D eigenvalue weighted by atomic mass is 9.99. The van der Waals surface area contributed by atoms with Crippen LogP contribution in [0, 0.1) is 18.8 Å². The summed E-state index contributed by atoms with van der Waals surface area (Å²) in [5, 5.41) is 3.05. The number of amides is 2. The third-order valence-corrected chi connectivity index (χ3v) is 7.44. The zero-order valence-electron chi connectivity index (χ0n) is 22.3. The number of primary amides is 1. The first-order valence-corrected chi connectivity index (χ1v) is 13.1. The van der Waals surface area contributed by atoms with Gasteiger partial charge in [-0.3, -0.25) is 14.5 Å². The Morgan fingerprint density at radius 2 is 1.82 bits per heavy atom. The third-order valence-electron chi connectivity index (χ3n) is 7.44. The average Bonchev–Trinajstić information content (AvgIpc) is 3.68. The summed E-state index contributed by atoms with van der Waals surface area (Å²) in [6.45, 7) is 7.26. The van der Waals surface area contributed by atoms with E-state index in [1.165, 1.54) is 30.2 Å². The number of nitrogens with one attached hydrogen (secondary N) is 1. The number of piperazine rings is 1. The van der Waals surface area contributed by atoms with Crippen LogP contribution in [0.4, 0.5) is 5.69 Å². The Morgan fingerprint density at radius 1 is 1.05 bits per heavy atom. The minimum absolute atomic E-state index is 0.126. The number of hydrogen-bond acceptors (Lipinski definition) is 5. The number of carbonyl (C=O) groups is 2. The van der Waals surface area contributed by atoms with Crippen molar-refractivity contribution in [2.45, 2.75) is 32.2 Å². The van der Waals surface area contributed by atoms with Gasteiger partial charge in [0.15, 0.2) is 5.82 Å². The zero-order chi connectivity index (χ0) is 26.8. The van der Waals surface area contributed by atoms with Gasteiger partial charge in [0, 0.05) is 56.6 Å². The van der Waals surface area contributed by atoms with Gasteiger partial charge >= 0.3 is 0 Å². The van der Waals surface area contributed by atoms with Crippen LogP contribution in [0.5, 0.6) is 0 Å². The maximum absolute atomic E-state index is 13.2. The Hall–Kier alpha value is -3.93. The van der Waals surface area contributed by atoms with Gasteiger partial charge in [-0.15, -0.1) is 0 Å². The summed E-state index contributed by atoms with van der Waals surface area (Å²) in [6, 6.07) is 11.9. The number of aromatic nitrogens is 2. The van der Waals surface area contributed by atoms with Gasteiger partial charge in [0.25, 0.3) is 11.8 Å². The summed E-state index contributed by atoms with van der Waals surface area (Å²) in [5.74, 6) is 6.18. The summed E-state index contributed by atoms with van der Waals surface area (Å²) >= 11 is 0. The number of hydrogen-bond donors (Lipinski definition) is 2. The topological polar surface area (TPSA) is 96.5 Å². The molecule has 0 radical (unpaired) electrons. The number of rotatable bonds is 6. The second-order valence-electron chi connectivity index (χ2n) is 10.4. The summed E-state index contributed by atoms with van der Waals surface area (Å²) in [5.41, 5.74) is 11.7. The van der Waals surface area contributed by atoms with Gasteiger partial charge in [0.2, 0.25) is 0 Å². The summed E-state index contributed by atoms with van der Waals surface area (Å²) in [7, 11) is 3.87. The molecule has 0 spiro atoms. The highest BCUT2D eigenvalue weighted by molar-refractivity contribution is 6.04. The largest absolute Gasteiger partial charge is 0.363 e. The van der Waals surface area contributed by atoms with Crippen molar-refractivity contribution in [2.24, 2.45) is 12.8 Å². The maximum atomic E-state index is 13.2. The molecule has 2 amide bonds. The number of likely N-dealkylation sites (N-methyl/N-ethyl adjacent to an activating group) is 1. The van der Waals surface area contributed by atoms with E-state index in [4.69, 9.17) is 5.73 Å². The normalized spacial score (nSPS) is 16.1. The summed E-state index contributed by atoms with van der Waals surface area (Å²) in [4.78, 5) is 33.6. The molecule has 2 fully saturated rings. The van der Waals surface area contributed by atoms with Crippen LogP contribution in [-0.2, 0) is 13.6 Å². The van der Waals surface area contributed by atoms with Crippen LogP contribution in [0.3, 0.4) is 0 Å². The number of imidazole rings is 1. The smallest absolute Gasteiger partial charge is 0.284 e. The third kappa shape index (κ3) is 5.80. The molecule has 0 bridgehead atoms. The molecule has 2 aromatic carbocycles. The molecule has 2 heterocycles. The quantitative estimate of drug-likeness (QED) is 0.497. The van der Waals surface area contributed by atoms with Gasteiger partial charge in [-0.05, 0) is 79.6 Å². The van der Waals surface area contributed by atoms with E-state index >= 15 is 0 Å². The number of nitrogens with two attached hydrogens (primary N) is 1. The molecule has 1 aliphatic carbocycles. The van der Waals surface area contributed by atoms with Crippen molar-refractivity contribution in [2.75, 3.05) is 38.5 Å². The lowest BCUT2D eigenvalue weighted by Gasteiger charge is -2.32. The van der Waals surface area contributed by atoms with Crippen LogP contribution in [-0.4, -0.2) is 64.4 Å². The highest BCUT2D eigenvalue weighted by Crippen LogP contribution is 2.42. The fraction of sp³-hybridized carbons (Fsp3) is 0.367. The molecular formula is C30H34N6O2. The highest BCUT2D eigenvalue weighted by atomic mass is 16.2. The molecule has 3 aromatic rings. The molecule has 5 rings (SSSR count). The van der Waals surface area contributed by atoms with E-state index in [-0.39, 0.29) is 11.7 Å². The number of anilines is 1. The lowest BCUT2D eigenvalue weighted by Crippen LogP contribution is -2.44. The van der Waals surface area contributed by atoms with Gasteiger partial charge in [0.05, 0.1) is 6.20 Å². The molecule has 1 saturated carbocycles. The van der Waals surface area contributed by atoms with Gasteiger partial charge < -0.3 is 20.5 Å². The second kappa shape index (κ2) is 10.8. The molecule has 1 saturated heterocycles. The van der Waals surface area contributed by atoms with Gasteiger partial charge in [-0.25, -0.2) is 4.98 Å². The molecule has 0 atom stereocenters. The summed E-state index contributed by atoms with van der Waals surface area (Å²) < 4.78 is 1.57. The minimum Gasteiger partial charge on any atom is -0.363 e. The van der Waals surface area contributed by atoms with Crippen LogP contribution in [0.1, 0.15) is 67.7 Å². The Balaban J connectivity index is 1.31. The van der Waals surface area contributed by atoms with Crippen LogP contribution in [0.2, 0.25) is 0 Å². The molecule has 8 heteroatoms. The Kier molecular flexibility index (Phi) is 7.32. The number of benzene rings is 2. The molecule has 0 unspecified atom stereocenters. The maximum Gasteiger partial charge on any atom is 0.284 e. The summed E-state index contributed by atoms with van der Waals surface area (Å²) in [6.07, 6.45) is 3.91. The van der Waals surface area contributed by atoms with Crippen molar-refractivity contribution in [3.05, 3.63) is 81.9 Å². The molecular weight excluding hydrogens is 476 g/mol. The van der Waals surface area contributed by atoms with Crippen molar-refractivity contribution in [1.82, 2.24) is 19.4 Å². The first-order valence-electron chi connectivity index (χ1n) is 13.1. The van der Waals surface area contributed by atoms with E-state index in [2.05, 4.69) is 51.1 Å². The van der Waals surface area contributed by atoms with Gasteiger partial charge in [0.1, 0.15) is 5.69 Å². The molecule has 196 valence electrons. The van der Waals surface area contributed by atoms with E-state index < -0.39 is 5.91 Å². The SMILES string of the molecule is Cc1ccc(NC(=O)c2ccc(CN3CCN(C)CC3)c(C3CC3)c2)cc1C#Cc1cnc(C(N)=O)n1C. The van der Waals surface area contributed by atoms with E-state index in [0.29, 0.717) is 22.9 Å². The molecule has 3 N–H and O–H groups in total. The van der Waals surface area contributed by atoms with Crippen molar-refractivity contribution in [3.8, 4) is 11.8 Å². The minimum atomic E-state index is -0.598. The molecule has 2 aliphatic rings.